The van der Waals surface area contributed by atoms with Crippen LogP contribution < -0.4 is 4.72 Å². The van der Waals surface area contributed by atoms with E-state index in [1.165, 1.54) is 6.33 Å². The molecule has 0 aliphatic carbocycles. The van der Waals surface area contributed by atoms with E-state index in [1.807, 2.05) is 0 Å². The predicted molar refractivity (Wildman–Crippen MR) is 61.8 cm³/mol. The zero-order chi connectivity index (χ0) is 13.2. The Hall–Kier alpha value is -1.51. The smallest absolute Gasteiger partial charge is 0.241 e. The molecule has 9 heteroatoms. The molecule has 2 rings (SSSR count). The lowest BCUT2D eigenvalue weighted by atomic mass is 10.3. The number of sulfonamides is 1. The van der Waals surface area contributed by atoms with Gasteiger partial charge >= 0.3 is 0 Å². The third-order valence-electron chi connectivity index (χ3n) is 2.10. The molecule has 6 nitrogen and oxygen atoms in total. The van der Waals surface area contributed by atoms with Crippen LogP contribution in [0.2, 0.25) is 5.02 Å². The van der Waals surface area contributed by atoms with Gasteiger partial charge in [-0.05, 0) is 18.2 Å². The van der Waals surface area contributed by atoms with Gasteiger partial charge < -0.3 is 0 Å². The molecule has 0 fully saturated rings. The Morgan fingerprint density at radius 1 is 1.44 bits per heavy atom. The zero-order valence-corrected chi connectivity index (χ0v) is 10.5. The van der Waals surface area contributed by atoms with E-state index in [-0.39, 0.29) is 16.5 Å². The summed E-state index contributed by atoms with van der Waals surface area (Å²) in [5.74, 6) is -0.308. The number of hydrogen-bond donors (Lipinski definition) is 2. The Bertz CT molecular complexity index is 645. The standard InChI is InChI=1S/C9H8ClFN4O2S/c10-7-3-6(1-2-8(7)11)18(16,17)14-4-9-12-5-13-15-9/h1-3,5,14H,4H2,(H,12,13,15). The van der Waals surface area contributed by atoms with E-state index < -0.39 is 15.8 Å². The van der Waals surface area contributed by atoms with Crippen LogP contribution >= 0.6 is 11.6 Å². The Labute approximate surface area is 107 Å². The Kier molecular flexibility index (Phi) is 3.60. The summed E-state index contributed by atoms with van der Waals surface area (Å²) in [6.45, 7) is -0.0443. The third-order valence-corrected chi connectivity index (χ3v) is 3.78. The summed E-state index contributed by atoms with van der Waals surface area (Å²) in [6, 6.07) is 3.16. The van der Waals surface area contributed by atoms with Crippen molar-refractivity contribution in [2.45, 2.75) is 11.4 Å². The molecule has 2 aromatic rings. The fourth-order valence-electron chi connectivity index (χ4n) is 1.21. The molecule has 0 atom stereocenters. The molecule has 0 saturated heterocycles. The van der Waals surface area contributed by atoms with E-state index >= 15 is 0 Å². The highest BCUT2D eigenvalue weighted by Gasteiger charge is 2.16. The van der Waals surface area contributed by atoms with E-state index in [9.17, 15) is 12.8 Å². The van der Waals surface area contributed by atoms with Gasteiger partial charge in [-0.3, -0.25) is 5.10 Å². The molecular formula is C9H8ClFN4O2S. The van der Waals surface area contributed by atoms with Gasteiger partial charge in [0.1, 0.15) is 18.0 Å². The summed E-state index contributed by atoms with van der Waals surface area (Å²) in [5, 5.41) is 5.83. The topological polar surface area (TPSA) is 87.7 Å². The molecule has 0 spiro atoms. The average molecular weight is 291 g/mol. The minimum atomic E-state index is -3.76. The van der Waals surface area contributed by atoms with Crippen molar-refractivity contribution >= 4 is 21.6 Å². The van der Waals surface area contributed by atoms with Crippen LogP contribution in [0.1, 0.15) is 5.82 Å². The second kappa shape index (κ2) is 5.01. The van der Waals surface area contributed by atoms with Crippen LogP contribution in [-0.4, -0.2) is 23.6 Å². The van der Waals surface area contributed by atoms with Crippen molar-refractivity contribution < 1.29 is 12.8 Å². The number of hydrogen-bond acceptors (Lipinski definition) is 4. The van der Waals surface area contributed by atoms with Crippen LogP contribution in [-0.2, 0) is 16.6 Å². The lowest BCUT2D eigenvalue weighted by Crippen LogP contribution is -2.23. The number of rotatable bonds is 4. The number of aromatic nitrogens is 3. The van der Waals surface area contributed by atoms with Gasteiger partial charge in [0.15, 0.2) is 0 Å². The predicted octanol–water partition coefficient (Wildman–Crippen LogP) is 1.08. The van der Waals surface area contributed by atoms with Gasteiger partial charge in [-0.15, -0.1) is 0 Å². The second-order valence-corrected chi connectivity index (χ2v) is 5.51. The van der Waals surface area contributed by atoms with Crippen molar-refractivity contribution in [3.8, 4) is 0 Å². The van der Waals surface area contributed by atoms with Gasteiger partial charge in [-0.2, -0.15) is 5.10 Å². The third kappa shape index (κ3) is 2.84. The number of halogens is 2. The molecule has 0 bridgehead atoms. The minimum absolute atomic E-state index is 0.0443. The molecule has 0 saturated carbocycles. The van der Waals surface area contributed by atoms with E-state index in [0.717, 1.165) is 18.2 Å². The molecule has 2 N–H and O–H groups in total. The maximum Gasteiger partial charge on any atom is 0.241 e. The number of H-pyrrole nitrogens is 1. The summed E-state index contributed by atoms with van der Waals surface area (Å²) in [7, 11) is -3.76. The van der Waals surface area contributed by atoms with Crippen molar-refractivity contribution in [3.05, 3.63) is 41.2 Å². The largest absolute Gasteiger partial charge is 0.262 e. The van der Waals surface area contributed by atoms with E-state index in [2.05, 4.69) is 19.9 Å². The first-order valence-electron chi connectivity index (χ1n) is 4.78. The molecule has 0 radical (unpaired) electrons. The first-order valence-corrected chi connectivity index (χ1v) is 6.64. The molecule has 1 aromatic carbocycles. The Balaban J connectivity index is 2.17. The minimum Gasteiger partial charge on any atom is -0.262 e. The van der Waals surface area contributed by atoms with Crippen LogP contribution in [0.15, 0.2) is 29.4 Å². The van der Waals surface area contributed by atoms with E-state index in [4.69, 9.17) is 11.6 Å². The number of nitrogens with one attached hydrogen (secondary N) is 2. The van der Waals surface area contributed by atoms with Gasteiger partial charge in [0.25, 0.3) is 0 Å². The Morgan fingerprint density at radius 2 is 2.22 bits per heavy atom. The fourth-order valence-corrected chi connectivity index (χ4v) is 2.47. The number of aromatic amines is 1. The molecule has 18 heavy (non-hydrogen) atoms. The highest BCUT2D eigenvalue weighted by atomic mass is 35.5. The Morgan fingerprint density at radius 3 is 2.83 bits per heavy atom. The molecule has 0 aliphatic heterocycles. The summed E-state index contributed by atoms with van der Waals surface area (Å²) in [4.78, 5) is 3.65. The summed E-state index contributed by atoms with van der Waals surface area (Å²) >= 11 is 5.52. The van der Waals surface area contributed by atoms with Crippen LogP contribution in [0, 0.1) is 5.82 Å². The summed E-state index contributed by atoms with van der Waals surface area (Å²) < 4.78 is 38.9. The van der Waals surface area contributed by atoms with Gasteiger partial charge in [0.05, 0.1) is 16.5 Å². The first kappa shape index (κ1) is 12.9. The van der Waals surface area contributed by atoms with Crippen molar-refractivity contribution in [3.63, 3.8) is 0 Å². The van der Waals surface area contributed by atoms with Crippen LogP contribution in [0.25, 0.3) is 0 Å². The summed E-state index contributed by atoms with van der Waals surface area (Å²) in [5.41, 5.74) is 0. The van der Waals surface area contributed by atoms with Gasteiger partial charge in [0, 0.05) is 0 Å². The molecule has 0 unspecified atom stereocenters. The molecular weight excluding hydrogens is 283 g/mol. The highest BCUT2D eigenvalue weighted by molar-refractivity contribution is 7.89. The SMILES string of the molecule is O=S(=O)(NCc1ncn[nH]1)c1ccc(F)c(Cl)c1. The van der Waals surface area contributed by atoms with Gasteiger partial charge in [0.2, 0.25) is 10.0 Å². The van der Waals surface area contributed by atoms with Gasteiger partial charge in [-0.1, -0.05) is 11.6 Å². The van der Waals surface area contributed by atoms with Crippen molar-refractivity contribution in [2.24, 2.45) is 0 Å². The maximum atomic E-state index is 12.9. The maximum absolute atomic E-state index is 12.9. The fraction of sp³-hybridized carbons (Fsp3) is 0.111. The van der Waals surface area contributed by atoms with Crippen molar-refractivity contribution in [2.75, 3.05) is 0 Å². The lowest BCUT2D eigenvalue weighted by Gasteiger charge is -2.05. The quantitative estimate of drug-likeness (QED) is 0.882. The van der Waals surface area contributed by atoms with Crippen molar-refractivity contribution in [1.82, 2.24) is 19.9 Å². The monoisotopic (exact) mass is 290 g/mol. The molecule has 0 amide bonds. The molecule has 0 aliphatic rings. The normalized spacial score (nSPS) is 11.7. The highest BCUT2D eigenvalue weighted by Crippen LogP contribution is 2.19. The van der Waals surface area contributed by atoms with Crippen LogP contribution in [0.4, 0.5) is 4.39 Å². The van der Waals surface area contributed by atoms with Crippen LogP contribution in [0.5, 0.6) is 0 Å². The van der Waals surface area contributed by atoms with E-state index in [1.54, 1.807) is 0 Å². The number of benzene rings is 1. The summed E-state index contributed by atoms with van der Waals surface area (Å²) in [6.07, 6.45) is 1.26. The molecule has 1 aromatic heterocycles. The second-order valence-electron chi connectivity index (χ2n) is 3.33. The molecule has 1 heterocycles. The molecule has 96 valence electrons. The van der Waals surface area contributed by atoms with Crippen LogP contribution in [0.3, 0.4) is 0 Å². The van der Waals surface area contributed by atoms with Gasteiger partial charge in [-0.25, -0.2) is 22.5 Å². The first-order chi connectivity index (χ1) is 8.49. The lowest BCUT2D eigenvalue weighted by molar-refractivity contribution is 0.578. The van der Waals surface area contributed by atoms with Crippen molar-refractivity contribution in [1.29, 1.82) is 0 Å². The zero-order valence-electron chi connectivity index (χ0n) is 8.89. The average Bonchev–Trinajstić information content (AvgIpc) is 2.83. The number of nitrogens with zero attached hydrogens (tertiary/aromatic N) is 2. The van der Waals surface area contributed by atoms with E-state index in [0.29, 0.717) is 5.82 Å².